The van der Waals surface area contributed by atoms with Crippen LogP contribution in [0.5, 0.6) is 0 Å². The van der Waals surface area contributed by atoms with Crippen LogP contribution in [-0.4, -0.2) is 5.16 Å². The molecular formula is C15H9F3N2O. The molecule has 3 nitrogen and oxygen atoms in total. The van der Waals surface area contributed by atoms with Crippen molar-refractivity contribution in [1.82, 2.24) is 5.16 Å². The van der Waals surface area contributed by atoms with Gasteiger partial charge in [0.15, 0.2) is 11.6 Å². The molecule has 0 amide bonds. The van der Waals surface area contributed by atoms with E-state index in [1.165, 1.54) is 30.3 Å². The Balaban J connectivity index is 2.19. The molecule has 0 fully saturated rings. The molecule has 6 heteroatoms. The summed E-state index contributed by atoms with van der Waals surface area (Å²) >= 11 is 0. The molecule has 1 aromatic heterocycles. The van der Waals surface area contributed by atoms with E-state index in [1.807, 2.05) is 0 Å². The summed E-state index contributed by atoms with van der Waals surface area (Å²) in [5.74, 6) is -1.80. The van der Waals surface area contributed by atoms with Crippen LogP contribution in [0.25, 0.3) is 22.5 Å². The van der Waals surface area contributed by atoms with Crippen molar-refractivity contribution in [3.8, 4) is 22.5 Å². The molecule has 3 aromatic rings. The Bertz CT molecular complexity index is 797. The van der Waals surface area contributed by atoms with Crippen molar-refractivity contribution in [1.29, 1.82) is 0 Å². The van der Waals surface area contributed by atoms with Gasteiger partial charge in [-0.1, -0.05) is 17.3 Å². The highest BCUT2D eigenvalue weighted by molar-refractivity contribution is 5.86. The highest BCUT2D eigenvalue weighted by atomic mass is 19.1. The van der Waals surface area contributed by atoms with E-state index in [9.17, 15) is 13.2 Å². The van der Waals surface area contributed by atoms with Crippen LogP contribution >= 0.6 is 0 Å². The fourth-order valence-electron chi connectivity index (χ4n) is 2.06. The minimum Gasteiger partial charge on any atom is -0.380 e. The Morgan fingerprint density at radius 1 is 0.905 bits per heavy atom. The fraction of sp³-hybridized carbons (Fsp3) is 0. The third-order valence-corrected chi connectivity index (χ3v) is 3.03. The van der Waals surface area contributed by atoms with Gasteiger partial charge in [-0.25, -0.2) is 13.2 Å². The lowest BCUT2D eigenvalue weighted by Crippen LogP contribution is -1.91. The van der Waals surface area contributed by atoms with Gasteiger partial charge in [0.05, 0.1) is 11.1 Å². The van der Waals surface area contributed by atoms with Crippen LogP contribution in [0.4, 0.5) is 19.0 Å². The number of halogens is 3. The number of benzene rings is 2. The van der Waals surface area contributed by atoms with E-state index in [-0.39, 0.29) is 17.1 Å². The Morgan fingerprint density at radius 3 is 2.24 bits per heavy atom. The van der Waals surface area contributed by atoms with Gasteiger partial charge < -0.3 is 10.3 Å². The molecule has 0 radical (unpaired) electrons. The van der Waals surface area contributed by atoms with Gasteiger partial charge >= 0.3 is 0 Å². The maximum Gasteiger partial charge on any atom is 0.179 e. The first-order valence-electron chi connectivity index (χ1n) is 6.03. The minimum atomic E-state index is -0.797. The normalized spacial score (nSPS) is 10.8. The van der Waals surface area contributed by atoms with Crippen LogP contribution in [0.1, 0.15) is 0 Å². The van der Waals surface area contributed by atoms with Crippen molar-refractivity contribution in [2.75, 3.05) is 5.73 Å². The number of nitrogens with two attached hydrogens (primary N) is 1. The standard InChI is InChI=1S/C15H9F3N2O/c16-9-3-1-8(2-4-9)13-14(21-20-15(13)19)11-6-5-10(17)7-12(11)18/h1-7H,(H2,19,20). The predicted molar refractivity (Wildman–Crippen MR) is 71.7 cm³/mol. The van der Waals surface area contributed by atoms with Crippen LogP contribution < -0.4 is 5.73 Å². The second-order valence-electron chi connectivity index (χ2n) is 4.40. The second kappa shape index (κ2) is 4.97. The molecular weight excluding hydrogens is 281 g/mol. The van der Waals surface area contributed by atoms with Gasteiger partial charge in [-0.3, -0.25) is 0 Å². The number of aromatic nitrogens is 1. The molecule has 2 N–H and O–H groups in total. The summed E-state index contributed by atoms with van der Waals surface area (Å²) in [6, 6.07) is 8.51. The molecule has 0 saturated carbocycles. The van der Waals surface area contributed by atoms with Crippen molar-refractivity contribution in [2.24, 2.45) is 0 Å². The lowest BCUT2D eigenvalue weighted by molar-refractivity contribution is 0.433. The van der Waals surface area contributed by atoms with Gasteiger partial charge in [-0.05, 0) is 29.8 Å². The van der Waals surface area contributed by atoms with Crippen LogP contribution in [0.3, 0.4) is 0 Å². The van der Waals surface area contributed by atoms with E-state index in [0.717, 1.165) is 12.1 Å². The number of nitrogens with zero attached hydrogens (tertiary/aromatic N) is 1. The van der Waals surface area contributed by atoms with E-state index in [0.29, 0.717) is 11.1 Å². The Labute approximate surface area is 117 Å². The van der Waals surface area contributed by atoms with Crippen LogP contribution in [0, 0.1) is 17.5 Å². The summed E-state index contributed by atoms with van der Waals surface area (Å²) in [5, 5.41) is 3.60. The summed E-state index contributed by atoms with van der Waals surface area (Å²) in [6.07, 6.45) is 0. The Hall–Kier alpha value is -2.76. The Kier molecular flexibility index (Phi) is 3.13. The number of hydrogen-bond donors (Lipinski definition) is 1. The first kappa shape index (κ1) is 13.2. The number of rotatable bonds is 2. The molecule has 0 spiro atoms. The largest absolute Gasteiger partial charge is 0.380 e. The molecule has 0 aliphatic heterocycles. The molecule has 0 atom stereocenters. The van der Waals surface area contributed by atoms with Gasteiger partial charge in [0.2, 0.25) is 0 Å². The summed E-state index contributed by atoms with van der Waals surface area (Å²) < 4.78 is 44.9. The minimum absolute atomic E-state index is 0.0277. The summed E-state index contributed by atoms with van der Waals surface area (Å²) in [5.41, 5.74) is 6.62. The van der Waals surface area contributed by atoms with E-state index < -0.39 is 17.5 Å². The van der Waals surface area contributed by atoms with E-state index in [4.69, 9.17) is 10.3 Å². The molecule has 0 aliphatic rings. The Morgan fingerprint density at radius 2 is 1.57 bits per heavy atom. The van der Waals surface area contributed by atoms with Crippen molar-refractivity contribution in [3.63, 3.8) is 0 Å². The van der Waals surface area contributed by atoms with Crippen LogP contribution in [0.2, 0.25) is 0 Å². The topological polar surface area (TPSA) is 52.0 Å². The zero-order valence-electron chi connectivity index (χ0n) is 10.6. The van der Waals surface area contributed by atoms with E-state index in [1.54, 1.807) is 0 Å². The van der Waals surface area contributed by atoms with Crippen molar-refractivity contribution < 1.29 is 17.7 Å². The van der Waals surface area contributed by atoms with Gasteiger partial charge in [0, 0.05) is 6.07 Å². The van der Waals surface area contributed by atoms with Crippen LogP contribution in [0.15, 0.2) is 47.0 Å². The molecule has 0 aliphatic carbocycles. The first-order chi connectivity index (χ1) is 10.1. The monoisotopic (exact) mass is 290 g/mol. The molecule has 0 bridgehead atoms. The number of nitrogen functional groups attached to an aromatic ring is 1. The van der Waals surface area contributed by atoms with E-state index >= 15 is 0 Å². The summed E-state index contributed by atoms with van der Waals surface area (Å²) in [6.45, 7) is 0. The molecule has 0 unspecified atom stereocenters. The summed E-state index contributed by atoms with van der Waals surface area (Å²) in [7, 11) is 0. The van der Waals surface area contributed by atoms with Crippen molar-refractivity contribution >= 4 is 5.82 Å². The molecule has 2 aromatic carbocycles. The maximum absolute atomic E-state index is 13.9. The highest BCUT2D eigenvalue weighted by Crippen LogP contribution is 2.37. The van der Waals surface area contributed by atoms with Crippen molar-refractivity contribution in [3.05, 3.63) is 59.9 Å². The van der Waals surface area contributed by atoms with Gasteiger partial charge in [-0.15, -0.1) is 0 Å². The highest BCUT2D eigenvalue weighted by Gasteiger charge is 2.20. The maximum atomic E-state index is 13.9. The summed E-state index contributed by atoms with van der Waals surface area (Å²) in [4.78, 5) is 0. The first-order valence-corrected chi connectivity index (χ1v) is 6.03. The average molecular weight is 290 g/mol. The molecule has 1 heterocycles. The molecule has 3 rings (SSSR count). The SMILES string of the molecule is Nc1noc(-c2ccc(F)cc2F)c1-c1ccc(F)cc1. The second-order valence-corrected chi connectivity index (χ2v) is 4.40. The lowest BCUT2D eigenvalue weighted by atomic mass is 10.0. The quantitative estimate of drug-likeness (QED) is 0.776. The predicted octanol–water partition coefficient (Wildman–Crippen LogP) is 4.01. The fourth-order valence-corrected chi connectivity index (χ4v) is 2.06. The third kappa shape index (κ3) is 2.35. The van der Waals surface area contributed by atoms with Crippen molar-refractivity contribution in [2.45, 2.75) is 0 Å². The zero-order valence-corrected chi connectivity index (χ0v) is 10.6. The van der Waals surface area contributed by atoms with Gasteiger partial charge in [0.1, 0.15) is 17.5 Å². The molecule has 106 valence electrons. The van der Waals surface area contributed by atoms with Gasteiger partial charge in [-0.2, -0.15) is 0 Å². The smallest absolute Gasteiger partial charge is 0.179 e. The lowest BCUT2D eigenvalue weighted by Gasteiger charge is -2.04. The third-order valence-electron chi connectivity index (χ3n) is 3.03. The molecule has 0 saturated heterocycles. The zero-order chi connectivity index (χ0) is 15.0. The molecule has 21 heavy (non-hydrogen) atoms. The van der Waals surface area contributed by atoms with Gasteiger partial charge in [0.25, 0.3) is 0 Å². The number of anilines is 1. The van der Waals surface area contributed by atoms with E-state index in [2.05, 4.69) is 5.16 Å². The average Bonchev–Trinajstić information content (AvgIpc) is 2.82. The number of hydrogen-bond acceptors (Lipinski definition) is 3. The van der Waals surface area contributed by atoms with Crippen LogP contribution in [-0.2, 0) is 0 Å².